The predicted octanol–water partition coefficient (Wildman–Crippen LogP) is 5.48. The molecule has 90 valence electrons. The maximum absolute atomic E-state index is 8.92. The largest absolute Gasteiger partial charge is 0.354 e. The lowest BCUT2D eigenvalue weighted by Crippen LogP contribution is -1.92. The molecule has 2 nitrogen and oxygen atoms in total. The zero-order valence-electron chi connectivity index (χ0n) is 9.05. The number of nitrogens with one attached hydrogen (secondary N) is 1. The van der Waals surface area contributed by atoms with Crippen LogP contribution in [0.2, 0.25) is 5.02 Å². The highest BCUT2D eigenvalue weighted by atomic mass is 79.9. The molecule has 0 atom stereocenters. The van der Waals surface area contributed by atoms with Gasteiger partial charge in [-0.2, -0.15) is 5.26 Å². The average Bonchev–Trinajstić information content (AvgIpc) is 2.34. The quantitative estimate of drug-likeness (QED) is 0.742. The predicted molar refractivity (Wildman–Crippen MR) is 81.3 cm³/mol. The average molecular weight is 386 g/mol. The van der Waals surface area contributed by atoms with Crippen molar-refractivity contribution in [2.75, 3.05) is 5.32 Å². The normalized spacial score (nSPS) is 9.89. The fourth-order valence-electron chi connectivity index (χ4n) is 1.48. The molecular weight excluding hydrogens is 379 g/mol. The van der Waals surface area contributed by atoms with E-state index in [-0.39, 0.29) is 0 Å². The molecular formula is C13H7Br2ClN2. The Morgan fingerprint density at radius 1 is 1.17 bits per heavy atom. The monoisotopic (exact) mass is 384 g/mol. The standard InChI is InChI=1S/C13H7Br2ClN2/c14-9-4-8(7-17)5-10(6-9)18-12-3-1-2-11(16)13(12)15/h1-6,18H. The van der Waals surface area contributed by atoms with E-state index in [1.54, 1.807) is 18.2 Å². The molecule has 2 aromatic rings. The van der Waals surface area contributed by atoms with Crippen LogP contribution < -0.4 is 5.32 Å². The summed E-state index contributed by atoms with van der Waals surface area (Å²) in [6.45, 7) is 0. The van der Waals surface area contributed by atoms with Gasteiger partial charge in [-0.05, 0) is 46.3 Å². The van der Waals surface area contributed by atoms with Crippen molar-refractivity contribution in [3.8, 4) is 6.07 Å². The minimum Gasteiger partial charge on any atom is -0.354 e. The van der Waals surface area contributed by atoms with E-state index in [4.69, 9.17) is 16.9 Å². The lowest BCUT2D eigenvalue weighted by molar-refractivity contribution is 1.45. The maximum atomic E-state index is 8.92. The van der Waals surface area contributed by atoms with E-state index in [1.165, 1.54) is 0 Å². The summed E-state index contributed by atoms with van der Waals surface area (Å²) in [7, 11) is 0. The van der Waals surface area contributed by atoms with Crippen LogP contribution in [-0.2, 0) is 0 Å². The fourth-order valence-corrected chi connectivity index (χ4v) is 2.51. The molecule has 0 radical (unpaired) electrons. The number of rotatable bonds is 2. The maximum Gasteiger partial charge on any atom is 0.0992 e. The number of nitrogens with zero attached hydrogens (tertiary/aromatic N) is 1. The fraction of sp³-hybridized carbons (Fsp3) is 0. The third kappa shape index (κ3) is 3.05. The van der Waals surface area contributed by atoms with Crippen LogP contribution in [0.4, 0.5) is 11.4 Å². The number of hydrogen-bond acceptors (Lipinski definition) is 2. The lowest BCUT2D eigenvalue weighted by Gasteiger charge is -2.10. The van der Waals surface area contributed by atoms with E-state index in [0.717, 1.165) is 20.3 Å². The Hall–Kier alpha value is -1.02. The van der Waals surface area contributed by atoms with Gasteiger partial charge in [0.25, 0.3) is 0 Å². The van der Waals surface area contributed by atoms with Gasteiger partial charge in [0.1, 0.15) is 0 Å². The van der Waals surface area contributed by atoms with Crippen molar-refractivity contribution < 1.29 is 0 Å². The minimum absolute atomic E-state index is 0.588. The molecule has 0 amide bonds. The zero-order valence-corrected chi connectivity index (χ0v) is 13.0. The second-order valence-electron chi connectivity index (χ2n) is 3.57. The summed E-state index contributed by atoms with van der Waals surface area (Å²) in [6, 6.07) is 13.1. The third-order valence-electron chi connectivity index (χ3n) is 2.26. The summed E-state index contributed by atoms with van der Waals surface area (Å²) in [5.74, 6) is 0. The number of nitriles is 1. The van der Waals surface area contributed by atoms with E-state index in [9.17, 15) is 0 Å². The molecule has 0 saturated carbocycles. The first-order valence-electron chi connectivity index (χ1n) is 5.02. The molecule has 0 aliphatic rings. The Bertz CT molecular complexity index is 635. The van der Waals surface area contributed by atoms with Gasteiger partial charge in [-0.1, -0.05) is 33.6 Å². The molecule has 5 heteroatoms. The highest BCUT2D eigenvalue weighted by molar-refractivity contribution is 9.11. The van der Waals surface area contributed by atoms with Gasteiger partial charge in [-0.15, -0.1) is 0 Å². The molecule has 0 bridgehead atoms. The SMILES string of the molecule is N#Cc1cc(Br)cc(Nc2cccc(Cl)c2Br)c1. The molecule has 0 unspecified atom stereocenters. The second kappa shape index (κ2) is 5.75. The van der Waals surface area contributed by atoms with E-state index < -0.39 is 0 Å². The van der Waals surface area contributed by atoms with Crippen LogP contribution in [0.15, 0.2) is 45.3 Å². The lowest BCUT2D eigenvalue weighted by atomic mass is 10.2. The molecule has 2 aromatic carbocycles. The molecule has 0 fully saturated rings. The Balaban J connectivity index is 2.37. The molecule has 1 N–H and O–H groups in total. The van der Waals surface area contributed by atoms with Crippen LogP contribution >= 0.6 is 43.5 Å². The molecule has 0 saturated heterocycles. The van der Waals surface area contributed by atoms with Crippen molar-refractivity contribution in [1.82, 2.24) is 0 Å². The number of anilines is 2. The second-order valence-corrected chi connectivity index (χ2v) is 5.68. The van der Waals surface area contributed by atoms with E-state index in [1.807, 2.05) is 18.2 Å². The Morgan fingerprint density at radius 2 is 1.94 bits per heavy atom. The summed E-state index contributed by atoms with van der Waals surface area (Å²) in [4.78, 5) is 0. The molecule has 18 heavy (non-hydrogen) atoms. The van der Waals surface area contributed by atoms with E-state index in [2.05, 4.69) is 43.2 Å². The summed E-state index contributed by atoms with van der Waals surface area (Å²) in [5, 5.41) is 12.8. The summed E-state index contributed by atoms with van der Waals surface area (Å²) in [5.41, 5.74) is 2.26. The third-order valence-corrected chi connectivity index (χ3v) is 4.11. The van der Waals surface area contributed by atoms with Gasteiger partial charge < -0.3 is 5.32 Å². The van der Waals surface area contributed by atoms with E-state index >= 15 is 0 Å². The number of halogens is 3. The van der Waals surface area contributed by atoms with Crippen LogP contribution in [0.1, 0.15) is 5.56 Å². The summed E-state index contributed by atoms with van der Waals surface area (Å²) >= 11 is 12.8. The van der Waals surface area contributed by atoms with Crippen LogP contribution in [-0.4, -0.2) is 0 Å². The molecule has 0 aliphatic heterocycles. The topological polar surface area (TPSA) is 35.8 Å². The number of benzene rings is 2. The molecule has 0 aliphatic carbocycles. The van der Waals surface area contributed by atoms with Crippen molar-refractivity contribution >= 4 is 54.8 Å². The van der Waals surface area contributed by atoms with Crippen LogP contribution in [0.3, 0.4) is 0 Å². The van der Waals surface area contributed by atoms with Gasteiger partial charge in [-0.25, -0.2) is 0 Å². The highest BCUT2D eigenvalue weighted by Gasteiger charge is 2.05. The zero-order chi connectivity index (χ0) is 13.1. The summed E-state index contributed by atoms with van der Waals surface area (Å²) < 4.78 is 1.65. The van der Waals surface area contributed by atoms with Gasteiger partial charge in [0, 0.05) is 10.2 Å². The number of hydrogen-bond donors (Lipinski definition) is 1. The molecule has 2 rings (SSSR count). The van der Waals surface area contributed by atoms with Gasteiger partial charge in [0.2, 0.25) is 0 Å². The van der Waals surface area contributed by atoms with Gasteiger partial charge >= 0.3 is 0 Å². The first-order valence-corrected chi connectivity index (χ1v) is 6.98. The summed E-state index contributed by atoms with van der Waals surface area (Å²) in [6.07, 6.45) is 0. The van der Waals surface area contributed by atoms with Crippen molar-refractivity contribution in [3.63, 3.8) is 0 Å². The molecule has 0 heterocycles. The van der Waals surface area contributed by atoms with Crippen LogP contribution in [0.5, 0.6) is 0 Å². The van der Waals surface area contributed by atoms with Gasteiger partial charge in [-0.3, -0.25) is 0 Å². The first kappa shape index (κ1) is 13.4. The first-order chi connectivity index (χ1) is 8.60. The van der Waals surface area contributed by atoms with Crippen LogP contribution in [0, 0.1) is 11.3 Å². The Labute approximate surface area is 127 Å². The van der Waals surface area contributed by atoms with Crippen molar-refractivity contribution in [2.24, 2.45) is 0 Å². The Kier molecular flexibility index (Phi) is 4.28. The highest BCUT2D eigenvalue weighted by Crippen LogP contribution is 2.32. The van der Waals surface area contributed by atoms with Crippen LogP contribution in [0.25, 0.3) is 0 Å². The smallest absolute Gasteiger partial charge is 0.0992 e. The van der Waals surface area contributed by atoms with Crippen molar-refractivity contribution in [1.29, 1.82) is 5.26 Å². The molecule has 0 aromatic heterocycles. The minimum atomic E-state index is 0.588. The van der Waals surface area contributed by atoms with Gasteiger partial charge in [0.05, 0.1) is 26.8 Å². The molecule has 0 spiro atoms. The van der Waals surface area contributed by atoms with Gasteiger partial charge in [0.15, 0.2) is 0 Å². The van der Waals surface area contributed by atoms with E-state index in [0.29, 0.717) is 10.6 Å². The van der Waals surface area contributed by atoms with Crippen molar-refractivity contribution in [2.45, 2.75) is 0 Å². The van der Waals surface area contributed by atoms with Crippen molar-refractivity contribution in [3.05, 3.63) is 55.9 Å². The Morgan fingerprint density at radius 3 is 2.67 bits per heavy atom.